The summed E-state index contributed by atoms with van der Waals surface area (Å²) in [4.78, 5) is 8.67. The van der Waals surface area contributed by atoms with Crippen LogP contribution in [0, 0.1) is 5.82 Å². The van der Waals surface area contributed by atoms with Gasteiger partial charge in [-0.15, -0.1) is 0 Å². The molecular weight excluding hydrogens is 261 g/mol. The summed E-state index contributed by atoms with van der Waals surface area (Å²) in [5, 5.41) is 4.07. The van der Waals surface area contributed by atoms with E-state index >= 15 is 0 Å². The fourth-order valence-electron chi connectivity index (χ4n) is 1.74. The van der Waals surface area contributed by atoms with Crippen molar-refractivity contribution >= 4 is 11.8 Å². The Morgan fingerprint density at radius 1 is 1.32 bits per heavy atom. The molecule has 3 rings (SSSR count). The number of aromatic nitrogens is 2. The van der Waals surface area contributed by atoms with Crippen LogP contribution in [0.4, 0.5) is 4.39 Å². The SMILES string of the molecule is Fc1cc(CNC2CC2)ccc1Sc1cnccn1. The molecule has 98 valence electrons. The molecule has 1 aromatic carbocycles. The van der Waals surface area contributed by atoms with Crippen LogP contribution in [0.15, 0.2) is 46.7 Å². The van der Waals surface area contributed by atoms with Gasteiger partial charge in [0.25, 0.3) is 0 Å². The lowest BCUT2D eigenvalue weighted by Gasteiger charge is -2.06. The smallest absolute Gasteiger partial charge is 0.137 e. The second kappa shape index (κ2) is 5.67. The van der Waals surface area contributed by atoms with Crippen LogP contribution >= 0.6 is 11.8 Å². The Balaban J connectivity index is 1.68. The number of benzene rings is 1. The highest BCUT2D eigenvalue weighted by molar-refractivity contribution is 7.99. The molecule has 0 unspecified atom stereocenters. The van der Waals surface area contributed by atoms with E-state index in [9.17, 15) is 4.39 Å². The van der Waals surface area contributed by atoms with Crippen LogP contribution < -0.4 is 5.32 Å². The maximum atomic E-state index is 14.0. The molecule has 0 spiro atoms. The van der Waals surface area contributed by atoms with Gasteiger partial charge in [0.15, 0.2) is 0 Å². The van der Waals surface area contributed by atoms with Gasteiger partial charge in [-0.05, 0) is 30.5 Å². The number of rotatable bonds is 5. The number of hydrogen-bond acceptors (Lipinski definition) is 4. The molecule has 5 heteroatoms. The molecule has 0 aliphatic heterocycles. The number of halogens is 1. The Kier molecular flexibility index (Phi) is 3.75. The van der Waals surface area contributed by atoms with E-state index in [1.54, 1.807) is 30.7 Å². The molecule has 0 atom stereocenters. The van der Waals surface area contributed by atoms with Crippen molar-refractivity contribution in [1.29, 1.82) is 0 Å². The summed E-state index contributed by atoms with van der Waals surface area (Å²) in [6.07, 6.45) is 7.32. The van der Waals surface area contributed by atoms with E-state index in [0.29, 0.717) is 16.0 Å². The average molecular weight is 275 g/mol. The molecule has 3 nitrogen and oxygen atoms in total. The summed E-state index contributed by atoms with van der Waals surface area (Å²) >= 11 is 1.29. The van der Waals surface area contributed by atoms with Gasteiger partial charge in [-0.3, -0.25) is 4.98 Å². The van der Waals surface area contributed by atoms with Gasteiger partial charge in [-0.1, -0.05) is 17.8 Å². The highest BCUT2D eigenvalue weighted by atomic mass is 32.2. The lowest BCUT2D eigenvalue weighted by atomic mass is 10.2. The Morgan fingerprint density at radius 2 is 2.21 bits per heavy atom. The number of hydrogen-bond donors (Lipinski definition) is 1. The summed E-state index contributed by atoms with van der Waals surface area (Å²) in [6.45, 7) is 0.734. The highest BCUT2D eigenvalue weighted by Crippen LogP contribution is 2.28. The van der Waals surface area contributed by atoms with Crippen molar-refractivity contribution in [2.75, 3.05) is 0 Å². The van der Waals surface area contributed by atoms with Crippen LogP contribution in [0.25, 0.3) is 0 Å². The zero-order valence-corrected chi connectivity index (χ0v) is 11.2. The van der Waals surface area contributed by atoms with Crippen LogP contribution in [0.5, 0.6) is 0 Å². The van der Waals surface area contributed by atoms with Gasteiger partial charge in [0.1, 0.15) is 10.8 Å². The van der Waals surface area contributed by atoms with E-state index in [-0.39, 0.29) is 5.82 Å². The summed E-state index contributed by atoms with van der Waals surface area (Å²) in [5.41, 5.74) is 0.980. The van der Waals surface area contributed by atoms with Gasteiger partial charge in [0.05, 0.1) is 6.20 Å². The maximum Gasteiger partial charge on any atom is 0.137 e. The normalized spacial score (nSPS) is 14.6. The fraction of sp³-hybridized carbons (Fsp3) is 0.286. The van der Waals surface area contributed by atoms with Crippen molar-refractivity contribution in [3.8, 4) is 0 Å². The van der Waals surface area contributed by atoms with Crippen molar-refractivity contribution in [3.05, 3.63) is 48.2 Å². The van der Waals surface area contributed by atoms with Gasteiger partial charge in [-0.2, -0.15) is 0 Å². The molecule has 1 aliphatic carbocycles. The summed E-state index contributed by atoms with van der Waals surface area (Å²) < 4.78 is 14.0. The van der Waals surface area contributed by atoms with Crippen LogP contribution in [0.3, 0.4) is 0 Å². The molecule has 1 N–H and O–H groups in total. The van der Waals surface area contributed by atoms with E-state index in [2.05, 4.69) is 15.3 Å². The number of nitrogens with one attached hydrogen (secondary N) is 1. The van der Waals surface area contributed by atoms with E-state index < -0.39 is 0 Å². The minimum atomic E-state index is -0.203. The zero-order chi connectivity index (χ0) is 13.1. The van der Waals surface area contributed by atoms with E-state index in [4.69, 9.17) is 0 Å². The second-order valence-corrected chi connectivity index (χ2v) is 5.63. The van der Waals surface area contributed by atoms with E-state index in [1.165, 1.54) is 24.6 Å². The fourth-order valence-corrected chi connectivity index (χ4v) is 2.48. The first kappa shape index (κ1) is 12.6. The first-order valence-corrected chi connectivity index (χ1v) is 7.08. The van der Waals surface area contributed by atoms with Gasteiger partial charge < -0.3 is 5.32 Å². The predicted octanol–water partition coefficient (Wildman–Crippen LogP) is 3.02. The Bertz CT molecular complexity index is 558. The molecule has 1 saturated carbocycles. The van der Waals surface area contributed by atoms with Crippen LogP contribution in [0.1, 0.15) is 18.4 Å². The maximum absolute atomic E-state index is 14.0. The van der Waals surface area contributed by atoms with Crippen molar-refractivity contribution < 1.29 is 4.39 Å². The molecule has 1 heterocycles. The van der Waals surface area contributed by atoms with Gasteiger partial charge in [-0.25, -0.2) is 9.37 Å². The topological polar surface area (TPSA) is 37.8 Å². The second-order valence-electron chi connectivity index (χ2n) is 4.57. The molecule has 1 fully saturated rings. The van der Waals surface area contributed by atoms with Crippen molar-refractivity contribution in [1.82, 2.24) is 15.3 Å². The van der Waals surface area contributed by atoms with Crippen LogP contribution in [-0.2, 0) is 6.54 Å². The summed E-state index contributed by atoms with van der Waals surface area (Å²) in [6, 6.07) is 5.99. The third kappa shape index (κ3) is 3.52. The molecule has 0 amide bonds. The van der Waals surface area contributed by atoms with Gasteiger partial charge >= 0.3 is 0 Å². The molecular formula is C14H14FN3S. The summed E-state index contributed by atoms with van der Waals surface area (Å²) in [7, 11) is 0. The molecule has 0 radical (unpaired) electrons. The minimum absolute atomic E-state index is 0.203. The standard InChI is InChI=1S/C14H14FN3S/c15-12-7-10(8-18-11-2-3-11)1-4-13(12)19-14-9-16-5-6-17-14/h1,4-7,9,11,18H,2-3,8H2. The Labute approximate surface area is 115 Å². The first-order valence-electron chi connectivity index (χ1n) is 6.27. The van der Waals surface area contributed by atoms with E-state index in [0.717, 1.165) is 12.1 Å². The highest BCUT2D eigenvalue weighted by Gasteiger charge is 2.20. The van der Waals surface area contributed by atoms with Crippen LogP contribution in [-0.4, -0.2) is 16.0 Å². The number of nitrogens with zero attached hydrogens (tertiary/aromatic N) is 2. The Morgan fingerprint density at radius 3 is 2.89 bits per heavy atom. The lowest BCUT2D eigenvalue weighted by molar-refractivity contribution is 0.595. The molecule has 19 heavy (non-hydrogen) atoms. The quantitative estimate of drug-likeness (QED) is 0.910. The molecule has 1 aliphatic rings. The molecule has 1 aromatic heterocycles. The van der Waals surface area contributed by atoms with Crippen LogP contribution in [0.2, 0.25) is 0 Å². The molecule has 0 bridgehead atoms. The van der Waals surface area contributed by atoms with Crippen molar-refractivity contribution in [3.63, 3.8) is 0 Å². The molecule has 2 aromatic rings. The third-order valence-electron chi connectivity index (χ3n) is 2.92. The van der Waals surface area contributed by atoms with Gasteiger partial charge in [0, 0.05) is 29.9 Å². The minimum Gasteiger partial charge on any atom is -0.310 e. The summed E-state index contributed by atoms with van der Waals surface area (Å²) in [5.74, 6) is -0.203. The lowest BCUT2D eigenvalue weighted by Crippen LogP contribution is -2.15. The monoisotopic (exact) mass is 275 g/mol. The third-order valence-corrected chi connectivity index (χ3v) is 3.89. The predicted molar refractivity (Wildman–Crippen MR) is 72.4 cm³/mol. The average Bonchev–Trinajstić information content (AvgIpc) is 3.25. The zero-order valence-electron chi connectivity index (χ0n) is 10.3. The van der Waals surface area contributed by atoms with Crippen molar-refractivity contribution in [2.45, 2.75) is 35.3 Å². The Hall–Kier alpha value is -1.46. The van der Waals surface area contributed by atoms with Crippen molar-refractivity contribution in [2.24, 2.45) is 0 Å². The van der Waals surface area contributed by atoms with E-state index in [1.807, 2.05) is 6.07 Å². The largest absolute Gasteiger partial charge is 0.310 e. The molecule has 0 saturated heterocycles. The van der Waals surface area contributed by atoms with Gasteiger partial charge in [0.2, 0.25) is 0 Å². The first-order chi connectivity index (χ1) is 9.31.